The van der Waals surface area contributed by atoms with Crippen molar-refractivity contribution in [2.75, 3.05) is 0 Å². The number of benzene rings is 1. The lowest BCUT2D eigenvalue weighted by Gasteiger charge is -2.55. The molecule has 1 nitrogen and oxygen atoms in total. The van der Waals surface area contributed by atoms with Crippen molar-refractivity contribution in [3.8, 4) is 0 Å². The molecule has 0 aliphatic heterocycles. The molecule has 0 radical (unpaired) electrons. The van der Waals surface area contributed by atoms with Crippen molar-refractivity contribution >= 4 is 23.2 Å². The monoisotopic (exact) mass is 310 g/mol. The van der Waals surface area contributed by atoms with Gasteiger partial charge in [-0.25, -0.2) is 0 Å². The molecule has 1 atom stereocenters. The van der Waals surface area contributed by atoms with Crippen LogP contribution >= 0.6 is 23.2 Å². The molecule has 1 unspecified atom stereocenters. The van der Waals surface area contributed by atoms with Crippen molar-refractivity contribution in [1.82, 2.24) is 0 Å². The zero-order chi connectivity index (χ0) is 13.9. The number of hydrogen-bond donors (Lipinski definition) is 1. The van der Waals surface area contributed by atoms with Crippen LogP contribution in [0.1, 0.15) is 43.8 Å². The number of aliphatic hydroxyl groups excluding tert-OH is 1. The van der Waals surface area contributed by atoms with E-state index in [0.29, 0.717) is 27.8 Å². The Bertz CT molecular complexity index is 500. The zero-order valence-corrected chi connectivity index (χ0v) is 12.9. The molecule has 4 aliphatic carbocycles. The Balaban J connectivity index is 1.63. The molecule has 0 aromatic heterocycles. The lowest BCUT2D eigenvalue weighted by molar-refractivity contribution is -0.0907. The van der Waals surface area contributed by atoms with E-state index >= 15 is 0 Å². The summed E-state index contributed by atoms with van der Waals surface area (Å²) in [4.78, 5) is 0. The summed E-state index contributed by atoms with van der Waals surface area (Å²) in [5.41, 5.74) is 0.869. The summed E-state index contributed by atoms with van der Waals surface area (Å²) in [6, 6.07) is 5.49. The summed E-state index contributed by atoms with van der Waals surface area (Å²) in [7, 11) is 0. The van der Waals surface area contributed by atoms with Crippen molar-refractivity contribution in [3.05, 3.63) is 33.8 Å². The Morgan fingerprint density at radius 3 is 2.10 bits per heavy atom. The Kier molecular flexibility index (Phi) is 3.29. The molecule has 1 aromatic rings. The molecule has 5 rings (SSSR count). The normalized spacial score (nSPS) is 40.0. The molecule has 3 heteroatoms. The number of halogens is 2. The van der Waals surface area contributed by atoms with Crippen molar-refractivity contribution in [3.63, 3.8) is 0 Å². The van der Waals surface area contributed by atoms with Crippen molar-refractivity contribution in [1.29, 1.82) is 0 Å². The Labute approximate surface area is 130 Å². The first-order chi connectivity index (χ1) is 9.61. The van der Waals surface area contributed by atoms with Crippen LogP contribution in [0.25, 0.3) is 0 Å². The first kappa shape index (κ1) is 13.4. The fourth-order valence-corrected chi connectivity index (χ4v) is 5.95. The molecule has 0 saturated heterocycles. The standard InChI is InChI=1S/C17H20Cl2O/c18-13-1-2-14(15(19)8-13)17(20)16-11-4-9-3-10(6-11)7-12(16)5-9/h1-2,8-12,16-17,20H,3-7H2. The predicted octanol–water partition coefficient (Wildman–Crippen LogP) is 5.10. The van der Waals surface area contributed by atoms with Gasteiger partial charge in [-0.3, -0.25) is 0 Å². The van der Waals surface area contributed by atoms with E-state index in [0.717, 1.165) is 17.4 Å². The summed E-state index contributed by atoms with van der Waals surface area (Å²) in [6.07, 6.45) is 6.30. The summed E-state index contributed by atoms with van der Waals surface area (Å²) in [5, 5.41) is 12.1. The van der Waals surface area contributed by atoms with Gasteiger partial charge in [0.15, 0.2) is 0 Å². The van der Waals surface area contributed by atoms with Gasteiger partial charge in [0.1, 0.15) is 0 Å². The Morgan fingerprint density at radius 2 is 1.55 bits per heavy atom. The van der Waals surface area contributed by atoms with E-state index in [1.807, 2.05) is 12.1 Å². The van der Waals surface area contributed by atoms with E-state index in [1.54, 1.807) is 6.07 Å². The van der Waals surface area contributed by atoms with Crippen LogP contribution in [-0.2, 0) is 0 Å². The molecule has 20 heavy (non-hydrogen) atoms. The summed E-state index contributed by atoms with van der Waals surface area (Å²) >= 11 is 12.3. The maximum Gasteiger partial charge on any atom is 0.0837 e. The van der Waals surface area contributed by atoms with Gasteiger partial charge in [-0.05, 0) is 79.4 Å². The fraction of sp³-hybridized carbons (Fsp3) is 0.647. The molecule has 4 bridgehead atoms. The third-order valence-electron chi connectivity index (χ3n) is 5.95. The largest absolute Gasteiger partial charge is 0.388 e. The van der Waals surface area contributed by atoms with Crippen molar-refractivity contribution < 1.29 is 5.11 Å². The third-order valence-corrected chi connectivity index (χ3v) is 6.51. The molecule has 4 saturated carbocycles. The highest BCUT2D eigenvalue weighted by molar-refractivity contribution is 6.35. The van der Waals surface area contributed by atoms with Gasteiger partial charge in [0.25, 0.3) is 0 Å². The number of hydrogen-bond acceptors (Lipinski definition) is 1. The van der Waals surface area contributed by atoms with Crippen LogP contribution in [0.2, 0.25) is 10.0 Å². The minimum absolute atomic E-state index is 0.404. The van der Waals surface area contributed by atoms with Gasteiger partial charge in [-0.1, -0.05) is 29.3 Å². The van der Waals surface area contributed by atoms with E-state index < -0.39 is 6.10 Å². The van der Waals surface area contributed by atoms with Gasteiger partial charge in [-0.2, -0.15) is 0 Å². The lowest BCUT2D eigenvalue weighted by Crippen LogP contribution is -2.47. The van der Waals surface area contributed by atoms with Gasteiger partial charge >= 0.3 is 0 Å². The maximum absolute atomic E-state index is 10.9. The molecule has 0 spiro atoms. The Hall–Kier alpha value is -0.240. The first-order valence-electron chi connectivity index (χ1n) is 7.75. The second kappa shape index (κ2) is 4.90. The molecule has 108 valence electrons. The van der Waals surface area contributed by atoms with Gasteiger partial charge < -0.3 is 5.11 Å². The van der Waals surface area contributed by atoms with Crippen molar-refractivity contribution in [2.24, 2.45) is 29.6 Å². The summed E-state index contributed by atoms with van der Waals surface area (Å²) in [5.74, 6) is 3.67. The van der Waals surface area contributed by atoms with Crippen LogP contribution < -0.4 is 0 Å². The van der Waals surface area contributed by atoms with Gasteiger partial charge in [-0.15, -0.1) is 0 Å². The molecular formula is C17H20Cl2O. The van der Waals surface area contributed by atoms with Crippen LogP contribution in [0.5, 0.6) is 0 Å². The van der Waals surface area contributed by atoms with Crippen LogP contribution in [0, 0.1) is 29.6 Å². The zero-order valence-electron chi connectivity index (χ0n) is 11.4. The van der Waals surface area contributed by atoms with Crippen LogP contribution in [0.3, 0.4) is 0 Å². The molecule has 4 aliphatic rings. The number of aliphatic hydroxyl groups is 1. The minimum Gasteiger partial charge on any atom is -0.388 e. The van der Waals surface area contributed by atoms with E-state index in [9.17, 15) is 5.11 Å². The number of rotatable bonds is 2. The second-order valence-corrected chi connectivity index (χ2v) is 7.96. The highest BCUT2D eigenvalue weighted by atomic mass is 35.5. The average molecular weight is 311 g/mol. The van der Waals surface area contributed by atoms with Crippen LogP contribution in [-0.4, -0.2) is 5.11 Å². The van der Waals surface area contributed by atoms with E-state index in [4.69, 9.17) is 23.2 Å². The highest BCUT2D eigenvalue weighted by Crippen LogP contribution is 2.59. The third kappa shape index (κ3) is 2.10. The Morgan fingerprint density at radius 1 is 0.950 bits per heavy atom. The predicted molar refractivity (Wildman–Crippen MR) is 82.0 cm³/mol. The first-order valence-corrected chi connectivity index (χ1v) is 8.50. The highest BCUT2D eigenvalue weighted by Gasteiger charge is 2.50. The topological polar surface area (TPSA) is 20.2 Å². The average Bonchev–Trinajstić information content (AvgIpc) is 2.37. The van der Waals surface area contributed by atoms with E-state index in [-0.39, 0.29) is 0 Å². The lowest BCUT2D eigenvalue weighted by atomic mass is 9.50. The van der Waals surface area contributed by atoms with Crippen LogP contribution in [0.4, 0.5) is 0 Å². The van der Waals surface area contributed by atoms with E-state index in [2.05, 4.69) is 0 Å². The molecule has 4 fully saturated rings. The van der Waals surface area contributed by atoms with Gasteiger partial charge in [0.05, 0.1) is 6.10 Å². The van der Waals surface area contributed by atoms with Gasteiger partial charge in [0.2, 0.25) is 0 Å². The quantitative estimate of drug-likeness (QED) is 0.805. The minimum atomic E-state index is -0.422. The smallest absolute Gasteiger partial charge is 0.0837 e. The van der Waals surface area contributed by atoms with E-state index in [1.165, 1.54) is 32.1 Å². The second-order valence-electron chi connectivity index (χ2n) is 7.12. The van der Waals surface area contributed by atoms with Crippen LogP contribution in [0.15, 0.2) is 18.2 Å². The molecule has 1 N–H and O–H groups in total. The SMILES string of the molecule is OC(c1ccc(Cl)cc1Cl)C1C2CC3CC(C2)CC1C3. The van der Waals surface area contributed by atoms with Crippen molar-refractivity contribution in [2.45, 2.75) is 38.2 Å². The fourth-order valence-electron chi connectivity index (χ4n) is 5.43. The summed E-state index contributed by atoms with van der Waals surface area (Å²) < 4.78 is 0. The molecular weight excluding hydrogens is 291 g/mol. The van der Waals surface area contributed by atoms with Gasteiger partial charge in [0, 0.05) is 10.0 Å². The molecule has 1 aromatic carbocycles. The molecule has 0 heterocycles. The molecule has 0 amide bonds. The maximum atomic E-state index is 10.9. The summed E-state index contributed by atoms with van der Waals surface area (Å²) in [6.45, 7) is 0.